The molecule has 2 heterocycles. The minimum Gasteiger partial charge on any atom is -0.496 e. The first kappa shape index (κ1) is 21.2. The molecule has 2 aromatic rings. The van der Waals surface area contributed by atoms with Crippen LogP contribution in [0.4, 0.5) is 5.82 Å². The van der Waals surface area contributed by atoms with Gasteiger partial charge >= 0.3 is 0 Å². The lowest BCUT2D eigenvalue weighted by molar-refractivity contribution is 0.348. The van der Waals surface area contributed by atoms with Gasteiger partial charge in [-0.25, -0.2) is 4.98 Å². The standard InChI is InChI=1S/C25H32N4O2/c1-26-24-12-18-19(13-27-24)20(15-29(4)25(18)16-8-7-9-16)17-10-22(30-5)21(14-28(2)3)23(11-17)31-6/h10-13,15H,7-9,14H2,1-6H3,(H,26,27). The van der Waals surface area contributed by atoms with Gasteiger partial charge in [0.05, 0.1) is 19.8 Å². The number of benzene rings is 1. The fraction of sp³-hybridized carbons (Fsp3) is 0.400. The number of hydrogen-bond donors (Lipinski definition) is 1. The molecule has 0 bridgehead atoms. The van der Waals surface area contributed by atoms with Crippen molar-refractivity contribution in [1.29, 1.82) is 0 Å². The highest BCUT2D eigenvalue weighted by Gasteiger charge is 2.28. The Hall–Kier alpha value is -2.99. The van der Waals surface area contributed by atoms with E-state index in [9.17, 15) is 0 Å². The number of pyridine rings is 1. The molecule has 31 heavy (non-hydrogen) atoms. The number of fused-ring (bicyclic) bond motifs is 1. The first-order valence-electron chi connectivity index (χ1n) is 10.7. The lowest BCUT2D eigenvalue weighted by atomic mass is 9.83. The number of allylic oxidation sites excluding steroid dienone is 1. The van der Waals surface area contributed by atoms with Crippen LogP contribution in [-0.4, -0.2) is 57.2 Å². The van der Waals surface area contributed by atoms with Gasteiger partial charge in [-0.15, -0.1) is 0 Å². The average Bonchev–Trinajstić information content (AvgIpc) is 2.73. The van der Waals surface area contributed by atoms with Gasteiger partial charge in [0, 0.05) is 55.4 Å². The van der Waals surface area contributed by atoms with Crippen molar-refractivity contribution in [2.24, 2.45) is 0 Å². The van der Waals surface area contributed by atoms with Gasteiger partial charge in [-0.3, -0.25) is 0 Å². The van der Waals surface area contributed by atoms with Gasteiger partial charge in [0.25, 0.3) is 0 Å². The Bertz CT molecular complexity index is 1020. The Balaban J connectivity index is 1.89. The molecule has 164 valence electrons. The molecule has 1 N–H and O–H groups in total. The topological polar surface area (TPSA) is 49.9 Å². The predicted molar refractivity (Wildman–Crippen MR) is 126 cm³/mol. The molecule has 0 saturated heterocycles. The van der Waals surface area contributed by atoms with Gasteiger partial charge in [-0.05, 0) is 62.7 Å². The molecule has 0 radical (unpaired) electrons. The molecular formula is C25H32N4O2. The second-order valence-electron chi connectivity index (χ2n) is 8.42. The Labute approximate surface area is 185 Å². The van der Waals surface area contributed by atoms with Crippen LogP contribution >= 0.6 is 0 Å². The van der Waals surface area contributed by atoms with Crippen molar-refractivity contribution in [3.63, 3.8) is 0 Å². The Morgan fingerprint density at radius 1 is 1.06 bits per heavy atom. The van der Waals surface area contributed by atoms with E-state index in [-0.39, 0.29) is 0 Å². The molecule has 1 aromatic heterocycles. The van der Waals surface area contributed by atoms with E-state index >= 15 is 0 Å². The van der Waals surface area contributed by atoms with Crippen LogP contribution in [0, 0.1) is 0 Å². The van der Waals surface area contributed by atoms with E-state index in [2.05, 4.69) is 51.5 Å². The highest BCUT2D eigenvalue weighted by molar-refractivity contribution is 5.92. The normalized spacial score (nSPS) is 15.5. The largest absolute Gasteiger partial charge is 0.496 e. The SMILES string of the molecule is CNc1cc2c(cn1)C(c1cc(OC)c(CN(C)C)c(OC)c1)=CN(C)C2=C1CCC1. The molecule has 2 aliphatic rings. The zero-order chi connectivity index (χ0) is 22.1. The maximum Gasteiger partial charge on any atom is 0.127 e. The second-order valence-corrected chi connectivity index (χ2v) is 8.42. The number of nitrogens with zero attached hydrogens (tertiary/aromatic N) is 3. The zero-order valence-electron chi connectivity index (χ0n) is 19.4. The Morgan fingerprint density at radius 2 is 1.74 bits per heavy atom. The third-order valence-corrected chi connectivity index (χ3v) is 6.07. The molecule has 6 nitrogen and oxygen atoms in total. The van der Waals surface area contributed by atoms with Gasteiger partial charge < -0.3 is 24.6 Å². The Morgan fingerprint density at radius 3 is 2.26 bits per heavy atom. The summed E-state index contributed by atoms with van der Waals surface area (Å²) >= 11 is 0. The Kier molecular flexibility index (Phi) is 5.92. The van der Waals surface area contributed by atoms with Crippen molar-refractivity contribution in [3.05, 3.63) is 58.4 Å². The molecular weight excluding hydrogens is 388 g/mol. The summed E-state index contributed by atoms with van der Waals surface area (Å²) in [5.74, 6) is 2.54. The summed E-state index contributed by atoms with van der Waals surface area (Å²) in [6.45, 7) is 0.742. The van der Waals surface area contributed by atoms with Gasteiger partial charge in [0.15, 0.2) is 0 Å². The summed E-state index contributed by atoms with van der Waals surface area (Å²) in [5, 5.41) is 3.19. The van der Waals surface area contributed by atoms with Crippen LogP contribution in [0.25, 0.3) is 11.3 Å². The molecule has 6 heteroatoms. The summed E-state index contributed by atoms with van der Waals surface area (Å²) in [5.41, 5.74) is 8.41. The van der Waals surface area contributed by atoms with Gasteiger partial charge in [-0.2, -0.15) is 0 Å². The molecule has 4 rings (SSSR count). The van der Waals surface area contributed by atoms with E-state index in [4.69, 9.17) is 9.47 Å². The highest BCUT2D eigenvalue weighted by Crippen LogP contribution is 2.44. The third-order valence-electron chi connectivity index (χ3n) is 6.07. The smallest absolute Gasteiger partial charge is 0.127 e. The maximum absolute atomic E-state index is 5.77. The molecule has 1 saturated carbocycles. The van der Waals surface area contributed by atoms with Crippen LogP contribution in [0.15, 0.2) is 36.2 Å². The van der Waals surface area contributed by atoms with Crippen molar-refractivity contribution < 1.29 is 9.47 Å². The number of hydrogen-bond acceptors (Lipinski definition) is 6. The number of methoxy groups -OCH3 is 2. The molecule has 1 aliphatic carbocycles. The van der Waals surface area contributed by atoms with E-state index in [1.807, 2.05) is 27.3 Å². The lowest BCUT2D eigenvalue weighted by Crippen LogP contribution is -2.21. The fourth-order valence-corrected chi connectivity index (χ4v) is 4.39. The zero-order valence-corrected chi connectivity index (χ0v) is 19.4. The first-order valence-corrected chi connectivity index (χ1v) is 10.7. The summed E-state index contributed by atoms with van der Waals surface area (Å²) in [7, 11) is 11.6. The van der Waals surface area contributed by atoms with Crippen molar-refractivity contribution >= 4 is 17.1 Å². The van der Waals surface area contributed by atoms with Crippen molar-refractivity contribution in [3.8, 4) is 11.5 Å². The van der Waals surface area contributed by atoms with E-state index < -0.39 is 0 Å². The summed E-state index contributed by atoms with van der Waals surface area (Å²) in [6, 6.07) is 6.38. The molecule has 1 aromatic carbocycles. The first-order chi connectivity index (χ1) is 15.0. The van der Waals surface area contributed by atoms with Crippen LogP contribution in [0.3, 0.4) is 0 Å². The minimum atomic E-state index is 0.742. The maximum atomic E-state index is 5.77. The van der Waals surface area contributed by atoms with Crippen LogP contribution in [0.5, 0.6) is 11.5 Å². The van der Waals surface area contributed by atoms with Crippen LogP contribution < -0.4 is 14.8 Å². The van der Waals surface area contributed by atoms with E-state index in [0.29, 0.717) is 0 Å². The van der Waals surface area contributed by atoms with Crippen LogP contribution in [0.2, 0.25) is 0 Å². The monoisotopic (exact) mass is 420 g/mol. The highest BCUT2D eigenvalue weighted by atomic mass is 16.5. The number of rotatable bonds is 6. The minimum absolute atomic E-state index is 0.742. The van der Waals surface area contributed by atoms with Crippen LogP contribution in [0.1, 0.15) is 41.5 Å². The van der Waals surface area contributed by atoms with Gasteiger partial charge in [0.2, 0.25) is 0 Å². The van der Waals surface area contributed by atoms with Gasteiger partial charge in [-0.1, -0.05) is 0 Å². The molecule has 0 amide bonds. The molecule has 1 aliphatic heterocycles. The summed E-state index contributed by atoms with van der Waals surface area (Å²) < 4.78 is 11.5. The van der Waals surface area contributed by atoms with Gasteiger partial charge in [0.1, 0.15) is 17.3 Å². The van der Waals surface area contributed by atoms with Crippen molar-refractivity contribution in [2.45, 2.75) is 25.8 Å². The number of aromatic nitrogens is 1. The number of ether oxygens (including phenoxy) is 2. The molecule has 0 unspecified atom stereocenters. The number of anilines is 1. The average molecular weight is 421 g/mol. The van der Waals surface area contributed by atoms with Crippen LogP contribution in [-0.2, 0) is 6.54 Å². The second kappa shape index (κ2) is 8.63. The predicted octanol–water partition coefficient (Wildman–Crippen LogP) is 4.43. The molecule has 1 fully saturated rings. The summed E-state index contributed by atoms with van der Waals surface area (Å²) in [6.07, 6.45) is 7.79. The van der Waals surface area contributed by atoms with E-state index in [1.165, 1.54) is 36.1 Å². The molecule has 0 spiro atoms. The quantitative estimate of drug-likeness (QED) is 0.746. The summed E-state index contributed by atoms with van der Waals surface area (Å²) in [4.78, 5) is 9.01. The van der Waals surface area contributed by atoms with Crippen molar-refractivity contribution in [1.82, 2.24) is 14.8 Å². The van der Waals surface area contributed by atoms with Crippen molar-refractivity contribution in [2.75, 3.05) is 47.7 Å². The third kappa shape index (κ3) is 3.88. The van der Waals surface area contributed by atoms with E-state index in [1.54, 1.807) is 14.2 Å². The molecule has 0 atom stereocenters. The number of nitrogens with one attached hydrogen (secondary N) is 1. The fourth-order valence-electron chi connectivity index (χ4n) is 4.39. The lowest BCUT2D eigenvalue weighted by Gasteiger charge is -2.34. The van der Waals surface area contributed by atoms with E-state index in [0.717, 1.165) is 46.1 Å².